The molecule has 3 nitrogen and oxygen atoms in total. The van der Waals surface area contributed by atoms with Crippen molar-refractivity contribution in [1.29, 1.82) is 0 Å². The van der Waals surface area contributed by atoms with E-state index in [1.54, 1.807) is 30.3 Å². The van der Waals surface area contributed by atoms with Crippen LogP contribution in [0.15, 0.2) is 48.5 Å². The highest BCUT2D eigenvalue weighted by Gasteiger charge is 2.35. The molecule has 2 aromatic rings. The Morgan fingerprint density at radius 3 is 2.33 bits per heavy atom. The summed E-state index contributed by atoms with van der Waals surface area (Å²) in [4.78, 5) is 12.2. The van der Waals surface area contributed by atoms with E-state index in [2.05, 4.69) is 5.32 Å². The average molecular weight is 341 g/mol. The van der Waals surface area contributed by atoms with Gasteiger partial charge in [-0.1, -0.05) is 36.4 Å². The predicted octanol–water partition coefficient (Wildman–Crippen LogP) is 3.70. The number of carbonyl (C=O) groups is 1. The van der Waals surface area contributed by atoms with Gasteiger partial charge in [-0.3, -0.25) is 4.79 Å². The van der Waals surface area contributed by atoms with Gasteiger partial charge in [0.1, 0.15) is 5.82 Å². The highest BCUT2D eigenvalue weighted by molar-refractivity contribution is 5.95. The molecule has 0 bridgehead atoms. The summed E-state index contributed by atoms with van der Waals surface area (Å²) in [6.07, 6.45) is -4.74. The topological polar surface area (TPSA) is 49.3 Å². The molecular weight excluding hydrogens is 326 g/mol. The van der Waals surface area contributed by atoms with Crippen LogP contribution >= 0.6 is 0 Å². The van der Waals surface area contributed by atoms with Crippen LogP contribution in [0.3, 0.4) is 0 Å². The number of alkyl halides is 3. The number of rotatable bonds is 5. The van der Waals surface area contributed by atoms with Crippen molar-refractivity contribution >= 4 is 5.91 Å². The van der Waals surface area contributed by atoms with Crippen molar-refractivity contribution in [1.82, 2.24) is 5.32 Å². The summed E-state index contributed by atoms with van der Waals surface area (Å²) in [5.41, 5.74) is -1.52. The number of amides is 1. The highest BCUT2D eigenvalue weighted by atomic mass is 19.4. The van der Waals surface area contributed by atoms with Crippen LogP contribution in [-0.4, -0.2) is 17.6 Å². The monoisotopic (exact) mass is 341 g/mol. The van der Waals surface area contributed by atoms with Crippen LogP contribution in [-0.2, 0) is 6.18 Å². The fourth-order valence-electron chi connectivity index (χ4n) is 2.30. The van der Waals surface area contributed by atoms with Gasteiger partial charge in [-0.2, -0.15) is 13.2 Å². The number of halogens is 4. The maximum absolute atomic E-state index is 14.0. The predicted molar refractivity (Wildman–Crippen MR) is 79.8 cm³/mol. The van der Waals surface area contributed by atoms with E-state index in [9.17, 15) is 22.4 Å². The highest BCUT2D eigenvalue weighted by Crippen LogP contribution is 2.32. The van der Waals surface area contributed by atoms with Gasteiger partial charge in [0.15, 0.2) is 0 Å². The van der Waals surface area contributed by atoms with Gasteiger partial charge in [-0.25, -0.2) is 4.39 Å². The maximum Gasteiger partial charge on any atom is 0.419 e. The molecular formula is C17H15F4NO2. The Morgan fingerprint density at radius 1 is 1.08 bits per heavy atom. The van der Waals surface area contributed by atoms with Crippen molar-refractivity contribution in [2.75, 3.05) is 6.61 Å². The molecule has 0 fully saturated rings. The first-order chi connectivity index (χ1) is 11.3. The zero-order valence-corrected chi connectivity index (χ0v) is 12.5. The van der Waals surface area contributed by atoms with Crippen LogP contribution in [0.1, 0.15) is 33.9 Å². The van der Waals surface area contributed by atoms with E-state index in [0.717, 1.165) is 12.1 Å². The number of hydrogen-bond acceptors (Lipinski definition) is 2. The minimum atomic E-state index is -4.88. The summed E-state index contributed by atoms with van der Waals surface area (Å²) in [6.45, 7) is -0.245. The summed E-state index contributed by atoms with van der Waals surface area (Å²) in [5.74, 6) is -2.58. The van der Waals surface area contributed by atoms with Gasteiger partial charge in [0.2, 0.25) is 0 Å². The summed E-state index contributed by atoms with van der Waals surface area (Å²) < 4.78 is 52.2. The molecule has 128 valence electrons. The molecule has 0 heterocycles. The fourth-order valence-corrected chi connectivity index (χ4v) is 2.30. The number of nitrogens with one attached hydrogen (secondary N) is 1. The lowest BCUT2D eigenvalue weighted by Crippen LogP contribution is -2.30. The van der Waals surface area contributed by atoms with Gasteiger partial charge >= 0.3 is 6.18 Å². The number of hydrogen-bond donors (Lipinski definition) is 2. The molecule has 7 heteroatoms. The number of aliphatic hydroxyl groups is 1. The van der Waals surface area contributed by atoms with E-state index in [1.807, 2.05) is 0 Å². The van der Waals surface area contributed by atoms with Crippen LogP contribution in [0.25, 0.3) is 0 Å². The molecule has 24 heavy (non-hydrogen) atoms. The molecule has 0 spiro atoms. The minimum Gasteiger partial charge on any atom is -0.396 e. The lowest BCUT2D eigenvalue weighted by Gasteiger charge is -2.19. The molecule has 1 amide bonds. The quantitative estimate of drug-likeness (QED) is 0.815. The molecule has 0 aliphatic carbocycles. The van der Waals surface area contributed by atoms with E-state index >= 15 is 0 Å². The molecule has 0 saturated heterocycles. The first-order valence-corrected chi connectivity index (χ1v) is 7.17. The van der Waals surface area contributed by atoms with Gasteiger partial charge in [-0.05, 0) is 24.1 Å². The van der Waals surface area contributed by atoms with Gasteiger partial charge in [0.05, 0.1) is 17.2 Å². The molecule has 2 aromatic carbocycles. The largest absolute Gasteiger partial charge is 0.419 e. The van der Waals surface area contributed by atoms with Crippen molar-refractivity contribution < 1.29 is 27.5 Å². The summed E-state index contributed by atoms with van der Waals surface area (Å²) in [5, 5.41) is 11.6. The Kier molecular flexibility index (Phi) is 5.56. The van der Waals surface area contributed by atoms with Gasteiger partial charge in [0.25, 0.3) is 5.91 Å². The smallest absolute Gasteiger partial charge is 0.396 e. The zero-order chi connectivity index (χ0) is 17.7. The molecule has 0 radical (unpaired) electrons. The van der Waals surface area contributed by atoms with E-state index < -0.39 is 35.1 Å². The van der Waals surface area contributed by atoms with Crippen molar-refractivity contribution in [3.05, 3.63) is 71.0 Å². The van der Waals surface area contributed by atoms with Gasteiger partial charge in [-0.15, -0.1) is 0 Å². The van der Waals surface area contributed by atoms with Crippen molar-refractivity contribution in [2.45, 2.75) is 18.6 Å². The third-order valence-electron chi connectivity index (χ3n) is 3.47. The molecule has 0 aliphatic rings. The number of carbonyl (C=O) groups excluding carboxylic acids is 1. The minimum absolute atomic E-state index is 0.149. The van der Waals surface area contributed by atoms with Crippen LogP contribution in [0.5, 0.6) is 0 Å². The Labute approximate surface area is 135 Å². The molecule has 2 rings (SSSR count). The SMILES string of the molecule is O=C(NC(CCO)c1ccccc1)c1cccc(C(F)(F)F)c1F. The van der Waals surface area contributed by atoms with E-state index in [4.69, 9.17) is 5.11 Å². The standard InChI is InChI=1S/C17H15F4NO2/c18-15-12(7-4-8-13(15)17(19,20)21)16(24)22-14(9-10-23)11-5-2-1-3-6-11/h1-8,14,23H,9-10H2,(H,22,24). The van der Waals surface area contributed by atoms with Crippen LogP contribution in [0.2, 0.25) is 0 Å². The third-order valence-corrected chi connectivity index (χ3v) is 3.47. The number of benzene rings is 2. The second-order valence-electron chi connectivity index (χ2n) is 5.11. The molecule has 1 unspecified atom stereocenters. The van der Waals surface area contributed by atoms with Crippen LogP contribution in [0.4, 0.5) is 17.6 Å². The fraction of sp³-hybridized carbons (Fsp3) is 0.235. The second-order valence-corrected chi connectivity index (χ2v) is 5.11. The maximum atomic E-state index is 14.0. The van der Waals surface area contributed by atoms with E-state index in [-0.39, 0.29) is 13.0 Å². The van der Waals surface area contributed by atoms with Gasteiger partial charge in [0, 0.05) is 6.61 Å². The van der Waals surface area contributed by atoms with Gasteiger partial charge < -0.3 is 10.4 Å². The summed E-state index contributed by atoms with van der Waals surface area (Å²) in [7, 11) is 0. The Hall–Kier alpha value is -2.41. The second kappa shape index (κ2) is 7.44. The molecule has 0 aliphatic heterocycles. The summed E-state index contributed by atoms with van der Waals surface area (Å²) >= 11 is 0. The average Bonchev–Trinajstić information content (AvgIpc) is 2.54. The first kappa shape index (κ1) is 17.9. The van der Waals surface area contributed by atoms with Crippen LogP contribution < -0.4 is 5.32 Å². The van der Waals surface area contributed by atoms with Crippen molar-refractivity contribution in [2.24, 2.45) is 0 Å². The molecule has 0 aromatic heterocycles. The van der Waals surface area contributed by atoms with Crippen LogP contribution in [0, 0.1) is 5.82 Å². The molecule has 1 atom stereocenters. The van der Waals surface area contributed by atoms with Crippen molar-refractivity contribution in [3.63, 3.8) is 0 Å². The zero-order valence-electron chi connectivity index (χ0n) is 12.5. The Morgan fingerprint density at radius 2 is 1.75 bits per heavy atom. The summed E-state index contributed by atoms with van der Waals surface area (Å²) in [6, 6.07) is 10.5. The first-order valence-electron chi connectivity index (χ1n) is 7.17. The Bertz CT molecular complexity index is 701. The van der Waals surface area contributed by atoms with E-state index in [0.29, 0.717) is 11.6 Å². The molecule has 0 saturated carbocycles. The number of aliphatic hydroxyl groups excluding tert-OH is 1. The molecule has 2 N–H and O–H groups in total. The Balaban J connectivity index is 2.28. The third kappa shape index (κ3) is 4.11. The lowest BCUT2D eigenvalue weighted by molar-refractivity contribution is -0.140. The normalized spacial score (nSPS) is 12.7. The lowest BCUT2D eigenvalue weighted by atomic mass is 10.0. The van der Waals surface area contributed by atoms with E-state index in [1.165, 1.54) is 0 Å². The van der Waals surface area contributed by atoms with Crippen molar-refractivity contribution in [3.8, 4) is 0 Å².